The standard InChI is InChI=1S/C32H30ClN3O3/c1-38-30-15-14-24(18-31(30)39-22-23-8-3-2-4-9-23)21-36(32(37)35-27-11-7-10-26(33)19-27)17-16-25-20-34-29-13-6-5-12-28(25)29/h2-15,18-20,34H,16-17,21-22H2,1H3,(H,35,37). The molecule has 0 unspecified atom stereocenters. The van der Waals surface area contributed by atoms with Gasteiger partial charge in [0.25, 0.3) is 0 Å². The lowest BCUT2D eigenvalue weighted by Crippen LogP contribution is -2.36. The smallest absolute Gasteiger partial charge is 0.322 e. The summed E-state index contributed by atoms with van der Waals surface area (Å²) < 4.78 is 11.6. The number of H-pyrrole nitrogens is 1. The van der Waals surface area contributed by atoms with Crippen molar-refractivity contribution in [3.63, 3.8) is 0 Å². The van der Waals surface area contributed by atoms with Gasteiger partial charge in [-0.15, -0.1) is 0 Å². The molecule has 0 saturated carbocycles. The third-order valence-electron chi connectivity index (χ3n) is 6.53. The molecule has 198 valence electrons. The van der Waals surface area contributed by atoms with Crippen LogP contribution in [-0.4, -0.2) is 29.6 Å². The van der Waals surface area contributed by atoms with Crippen molar-refractivity contribution in [1.29, 1.82) is 0 Å². The molecule has 6 nitrogen and oxygen atoms in total. The molecular weight excluding hydrogens is 510 g/mol. The molecule has 0 bridgehead atoms. The van der Waals surface area contributed by atoms with E-state index in [1.54, 1.807) is 24.1 Å². The Labute approximate surface area is 233 Å². The van der Waals surface area contributed by atoms with Crippen molar-refractivity contribution in [3.8, 4) is 11.5 Å². The summed E-state index contributed by atoms with van der Waals surface area (Å²) >= 11 is 6.15. The fraction of sp³-hybridized carbons (Fsp3) is 0.156. The van der Waals surface area contributed by atoms with Crippen LogP contribution in [0.3, 0.4) is 0 Å². The molecule has 0 aliphatic rings. The Hall–Kier alpha value is -4.42. The monoisotopic (exact) mass is 539 g/mol. The molecule has 5 aromatic rings. The number of anilines is 1. The summed E-state index contributed by atoms with van der Waals surface area (Å²) in [5.41, 5.74) is 4.88. The Bertz CT molecular complexity index is 1550. The van der Waals surface area contributed by atoms with Gasteiger partial charge in [0.1, 0.15) is 6.61 Å². The molecule has 0 radical (unpaired) electrons. The lowest BCUT2D eigenvalue weighted by Gasteiger charge is -2.24. The highest BCUT2D eigenvalue weighted by Gasteiger charge is 2.17. The zero-order valence-corrected chi connectivity index (χ0v) is 22.4. The van der Waals surface area contributed by atoms with Gasteiger partial charge in [0, 0.05) is 40.9 Å². The second-order valence-corrected chi connectivity index (χ2v) is 9.67. The molecule has 4 aromatic carbocycles. The maximum absolute atomic E-state index is 13.5. The largest absolute Gasteiger partial charge is 0.493 e. The minimum atomic E-state index is -0.209. The van der Waals surface area contributed by atoms with E-state index in [-0.39, 0.29) is 6.03 Å². The number of nitrogens with zero attached hydrogens (tertiary/aromatic N) is 1. The van der Waals surface area contributed by atoms with Crippen LogP contribution in [-0.2, 0) is 19.6 Å². The number of hydrogen-bond acceptors (Lipinski definition) is 3. The van der Waals surface area contributed by atoms with Crippen LogP contribution in [0.15, 0.2) is 103 Å². The lowest BCUT2D eigenvalue weighted by molar-refractivity contribution is 0.209. The molecule has 39 heavy (non-hydrogen) atoms. The van der Waals surface area contributed by atoms with E-state index < -0.39 is 0 Å². The van der Waals surface area contributed by atoms with Crippen molar-refractivity contribution in [2.75, 3.05) is 19.0 Å². The van der Waals surface area contributed by atoms with E-state index >= 15 is 0 Å². The minimum Gasteiger partial charge on any atom is -0.493 e. The first-order valence-electron chi connectivity index (χ1n) is 12.8. The third-order valence-corrected chi connectivity index (χ3v) is 6.76. The maximum Gasteiger partial charge on any atom is 0.322 e. The number of carbonyl (C=O) groups excluding carboxylic acids is 1. The highest BCUT2D eigenvalue weighted by molar-refractivity contribution is 6.30. The van der Waals surface area contributed by atoms with Crippen LogP contribution in [0.5, 0.6) is 11.5 Å². The SMILES string of the molecule is COc1ccc(CN(CCc2c[nH]c3ccccc23)C(=O)Nc2cccc(Cl)c2)cc1OCc1ccccc1. The maximum atomic E-state index is 13.5. The zero-order chi connectivity index (χ0) is 27.0. The molecule has 1 heterocycles. The van der Waals surface area contributed by atoms with Gasteiger partial charge in [-0.25, -0.2) is 4.79 Å². The number of ether oxygens (including phenoxy) is 2. The Kier molecular flexibility index (Phi) is 8.34. The molecule has 0 aliphatic carbocycles. The zero-order valence-electron chi connectivity index (χ0n) is 21.7. The first-order valence-corrected chi connectivity index (χ1v) is 13.2. The summed E-state index contributed by atoms with van der Waals surface area (Å²) in [6, 6.07) is 30.9. The number of aromatic amines is 1. The average Bonchev–Trinajstić information content (AvgIpc) is 3.38. The summed E-state index contributed by atoms with van der Waals surface area (Å²) in [6.45, 7) is 1.32. The van der Waals surface area contributed by atoms with Crippen molar-refractivity contribution in [3.05, 3.63) is 125 Å². The number of hydrogen-bond donors (Lipinski definition) is 2. The average molecular weight is 540 g/mol. The van der Waals surface area contributed by atoms with Crippen LogP contribution in [0.2, 0.25) is 5.02 Å². The Balaban J connectivity index is 1.36. The first-order chi connectivity index (χ1) is 19.1. The predicted octanol–water partition coefficient (Wildman–Crippen LogP) is 7.69. The van der Waals surface area contributed by atoms with Gasteiger partial charge >= 0.3 is 6.03 Å². The molecule has 0 aliphatic heterocycles. The van der Waals surface area contributed by atoms with Gasteiger partial charge in [0.05, 0.1) is 7.11 Å². The number of benzene rings is 4. The summed E-state index contributed by atoms with van der Waals surface area (Å²) in [6.07, 6.45) is 2.71. The lowest BCUT2D eigenvalue weighted by atomic mass is 10.1. The summed E-state index contributed by atoms with van der Waals surface area (Å²) in [7, 11) is 1.62. The van der Waals surface area contributed by atoms with Gasteiger partial charge in [-0.1, -0.05) is 72.3 Å². The van der Waals surface area contributed by atoms with Crippen LogP contribution in [0.25, 0.3) is 10.9 Å². The van der Waals surface area contributed by atoms with Crippen molar-refractivity contribution < 1.29 is 14.3 Å². The van der Waals surface area contributed by atoms with E-state index in [9.17, 15) is 4.79 Å². The summed E-state index contributed by atoms with van der Waals surface area (Å²) in [5, 5.41) is 4.72. The second kappa shape index (κ2) is 12.4. The normalized spacial score (nSPS) is 10.8. The van der Waals surface area contributed by atoms with Gasteiger partial charge in [-0.05, 0) is 59.5 Å². The second-order valence-electron chi connectivity index (χ2n) is 9.23. The number of methoxy groups -OCH3 is 1. The molecule has 1 aromatic heterocycles. The molecule has 0 atom stereocenters. The molecule has 2 N–H and O–H groups in total. The van der Waals surface area contributed by atoms with Gasteiger partial charge in [-0.3, -0.25) is 0 Å². The number of nitrogens with one attached hydrogen (secondary N) is 2. The summed E-state index contributed by atoms with van der Waals surface area (Å²) in [4.78, 5) is 18.6. The van der Waals surface area contributed by atoms with E-state index in [1.165, 1.54) is 0 Å². The van der Waals surface area contributed by atoms with Crippen LogP contribution < -0.4 is 14.8 Å². The molecule has 5 rings (SSSR count). The fourth-order valence-electron chi connectivity index (χ4n) is 4.50. The molecule has 7 heteroatoms. The predicted molar refractivity (Wildman–Crippen MR) is 157 cm³/mol. The molecule has 0 spiro atoms. The van der Waals surface area contributed by atoms with E-state index in [2.05, 4.69) is 22.4 Å². The minimum absolute atomic E-state index is 0.209. The number of para-hydroxylation sites is 1. The van der Waals surface area contributed by atoms with E-state index in [0.717, 1.165) is 27.6 Å². The number of halogens is 1. The number of amides is 2. The molecule has 2 amide bonds. The highest BCUT2D eigenvalue weighted by Crippen LogP contribution is 2.30. The number of rotatable bonds is 10. The molecule has 0 saturated heterocycles. The van der Waals surface area contributed by atoms with Gasteiger partial charge in [0.15, 0.2) is 11.5 Å². The number of fused-ring (bicyclic) bond motifs is 1. The summed E-state index contributed by atoms with van der Waals surface area (Å²) in [5.74, 6) is 1.27. The van der Waals surface area contributed by atoms with Crippen LogP contribution >= 0.6 is 11.6 Å². The van der Waals surface area contributed by atoms with E-state index in [4.69, 9.17) is 21.1 Å². The number of carbonyl (C=O) groups is 1. The number of urea groups is 1. The van der Waals surface area contributed by atoms with Crippen molar-refractivity contribution in [2.45, 2.75) is 19.6 Å². The van der Waals surface area contributed by atoms with Crippen LogP contribution in [0, 0.1) is 0 Å². The topological polar surface area (TPSA) is 66.6 Å². The Morgan fingerprint density at radius 3 is 2.54 bits per heavy atom. The van der Waals surface area contributed by atoms with Crippen LogP contribution in [0.4, 0.5) is 10.5 Å². The Morgan fingerprint density at radius 1 is 0.897 bits per heavy atom. The third kappa shape index (κ3) is 6.72. The first kappa shape index (κ1) is 26.2. The van der Waals surface area contributed by atoms with E-state index in [0.29, 0.717) is 48.3 Å². The van der Waals surface area contributed by atoms with Gasteiger partial charge in [-0.2, -0.15) is 0 Å². The van der Waals surface area contributed by atoms with Gasteiger partial charge < -0.3 is 24.7 Å². The quantitative estimate of drug-likeness (QED) is 0.191. The van der Waals surface area contributed by atoms with Crippen molar-refractivity contribution >= 4 is 34.2 Å². The molecular formula is C32H30ClN3O3. The molecule has 0 fully saturated rings. The van der Waals surface area contributed by atoms with Crippen molar-refractivity contribution in [1.82, 2.24) is 9.88 Å². The number of aromatic nitrogens is 1. The van der Waals surface area contributed by atoms with E-state index in [1.807, 2.05) is 79.0 Å². The highest BCUT2D eigenvalue weighted by atomic mass is 35.5. The van der Waals surface area contributed by atoms with Crippen molar-refractivity contribution in [2.24, 2.45) is 0 Å². The van der Waals surface area contributed by atoms with Crippen LogP contribution in [0.1, 0.15) is 16.7 Å². The van der Waals surface area contributed by atoms with Gasteiger partial charge in [0.2, 0.25) is 0 Å². The fourth-order valence-corrected chi connectivity index (χ4v) is 4.69. The Morgan fingerprint density at radius 2 is 1.72 bits per heavy atom.